The number of hydrogen-bond donors (Lipinski definition) is 2. The van der Waals surface area contributed by atoms with E-state index in [1.165, 1.54) is 13.0 Å². The van der Waals surface area contributed by atoms with Crippen molar-refractivity contribution in [2.75, 3.05) is 0 Å². The summed E-state index contributed by atoms with van der Waals surface area (Å²) in [5, 5.41) is 12.3. The summed E-state index contributed by atoms with van der Waals surface area (Å²) in [6, 6.07) is 1.93. The first-order valence-corrected chi connectivity index (χ1v) is 6.44. The van der Waals surface area contributed by atoms with Gasteiger partial charge in [-0.25, -0.2) is 8.78 Å². The molecule has 5 heteroatoms. The molecule has 0 heterocycles. The lowest BCUT2D eigenvalue weighted by atomic mass is 9.92. The molecule has 1 aromatic carbocycles. The zero-order valence-corrected chi connectivity index (χ0v) is 10.7. The van der Waals surface area contributed by atoms with E-state index in [-0.39, 0.29) is 5.56 Å². The van der Waals surface area contributed by atoms with E-state index in [2.05, 4.69) is 5.32 Å². The van der Waals surface area contributed by atoms with E-state index in [0.29, 0.717) is 12.8 Å². The third-order valence-electron chi connectivity index (χ3n) is 3.56. The highest BCUT2D eigenvalue weighted by atomic mass is 19.1. The molecule has 1 aromatic rings. The second-order valence-electron chi connectivity index (χ2n) is 4.99. The van der Waals surface area contributed by atoms with E-state index in [0.717, 1.165) is 18.9 Å². The van der Waals surface area contributed by atoms with E-state index in [9.17, 15) is 18.7 Å². The van der Waals surface area contributed by atoms with Gasteiger partial charge in [0.15, 0.2) is 0 Å². The lowest BCUT2D eigenvalue weighted by Gasteiger charge is -2.28. The number of nitrogens with one attached hydrogen (secondary N) is 1. The SMILES string of the molecule is Cc1ccc(F)c(C(=O)N[C@@H]2CCCC[C@H]2O)c1F. The molecule has 1 saturated carbocycles. The largest absolute Gasteiger partial charge is 0.391 e. The van der Waals surface area contributed by atoms with E-state index >= 15 is 0 Å². The number of carbonyl (C=O) groups excluding carboxylic acids is 1. The van der Waals surface area contributed by atoms with E-state index < -0.39 is 35.3 Å². The van der Waals surface area contributed by atoms with Gasteiger partial charge in [0.25, 0.3) is 5.91 Å². The molecule has 2 atom stereocenters. The Morgan fingerprint density at radius 2 is 2.00 bits per heavy atom. The van der Waals surface area contributed by atoms with Gasteiger partial charge < -0.3 is 10.4 Å². The molecule has 0 bridgehead atoms. The lowest BCUT2D eigenvalue weighted by molar-refractivity contribution is 0.0711. The molecule has 0 radical (unpaired) electrons. The van der Waals surface area contributed by atoms with Crippen molar-refractivity contribution in [3.63, 3.8) is 0 Å². The van der Waals surface area contributed by atoms with Crippen LogP contribution < -0.4 is 5.32 Å². The first-order chi connectivity index (χ1) is 9.00. The fourth-order valence-electron chi connectivity index (χ4n) is 2.39. The van der Waals surface area contributed by atoms with Gasteiger partial charge in [-0.3, -0.25) is 4.79 Å². The average molecular weight is 269 g/mol. The minimum Gasteiger partial charge on any atom is -0.391 e. The van der Waals surface area contributed by atoms with Gasteiger partial charge in [0.05, 0.1) is 12.1 Å². The monoisotopic (exact) mass is 269 g/mol. The Hall–Kier alpha value is -1.49. The Morgan fingerprint density at radius 1 is 1.32 bits per heavy atom. The van der Waals surface area contributed by atoms with Crippen molar-refractivity contribution in [3.05, 3.63) is 34.9 Å². The summed E-state index contributed by atoms with van der Waals surface area (Å²) in [5.41, 5.74) is -0.353. The summed E-state index contributed by atoms with van der Waals surface area (Å²) in [6.07, 6.45) is 2.38. The molecule has 0 saturated heterocycles. The summed E-state index contributed by atoms with van der Waals surface area (Å²) < 4.78 is 27.4. The van der Waals surface area contributed by atoms with Gasteiger partial charge in [0.2, 0.25) is 0 Å². The Kier molecular flexibility index (Phi) is 4.14. The van der Waals surface area contributed by atoms with Crippen LogP contribution >= 0.6 is 0 Å². The number of amides is 1. The molecule has 2 rings (SSSR count). The van der Waals surface area contributed by atoms with Crippen molar-refractivity contribution < 1.29 is 18.7 Å². The highest BCUT2D eigenvalue weighted by Crippen LogP contribution is 2.20. The number of hydrogen-bond acceptors (Lipinski definition) is 2. The van der Waals surface area contributed by atoms with Crippen molar-refractivity contribution in [3.8, 4) is 0 Å². The first kappa shape index (κ1) is 13.9. The molecule has 0 unspecified atom stereocenters. The minimum atomic E-state index is -0.883. The molecular weight excluding hydrogens is 252 g/mol. The summed E-state index contributed by atoms with van der Waals surface area (Å²) in [5.74, 6) is -2.53. The fraction of sp³-hybridized carbons (Fsp3) is 0.500. The van der Waals surface area contributed by atoms with Crippen LogP contribution in [-0.2, 0) is 0 Å². The van der Waals surface area contributed by atoms with Crippen LogP contribution in [0.3, 0.4) is 0 Å². The maximum absolute atomic E-state index is 13.8. The summed E-state index contributed by atoms with van der Waals surface area (Å²) in [6.45, 7) is 1.47. The highest BCUT2D eigenvalue weighted by molar-refractivity contribution is 5.95. The minimum absolute atomic E-state index is 0.218. The van der Waals surface area contributed by atoms with Crippen molar-refractivity contribution >= 4 is 5.91 Å². The normalized spacial score (nSPS) is 23.2. The molecule has 1 aliphatic rings. The standard InChI is InChI=1S/C14H17F2NO2/c1-8-6-7-9(15)12(13(8)16)14(19)17-10-4-2-3-5-11(10)18/h6-7,10-11,18H,2-5H2,1H3,(H,17,19)/t10-,11-/m1/s1. The Bertz CT molecular complexity index is 491. The van der Waals surface area contributed by atoms with Crippen molar-refractivity contribution in [1.82, 2.24) is 5.32 Å². The predicted octanol–water partition coefficient (Wildman–Crippen LogP) is 2.31. The summed E-state index contributed by atoms with van der Waals surface area (Å²) >= 11 is 0. The summed E-state index contributed by atoms with van der Waals surface area (Å²) in [4.78, 5) is 12.0. The van der Waals surface area contributed by atoms with Crippen LogP contribution in [0.4, 0.5) is 8.78 Å². The van der Waals surface area contributed by atoms with Gasteiger partial charge >= 0.3 is 0 Å². The van der Waals surface area contributed by atoms with Crippen LogP contribution in [0.2, 0.25) is 0 Å². The second kappa shape index (κ2) is 5.65. The second-order valence-corrected chi connectivity index (χ2v) is 4.99. The molecule has 1 amide bonds. The number of aliphatic hydroxyl groups excluding tert-OH is 1. The Morgan fingerprint density at radius 3 is 2.68 bits per heavy atom. The van der Waals surface area contributed by atoms with Crippen LogP contribution in [0.1, 0.15) is 41.6 Å². The van der Waals surface area contributed by atoms with Gasteiger partial charge in [-0.05, 0) is 31.4 Å². The molecule has 0 aliphatic heterocycles. The van der Waals surface area contributed by atoms with Gasteiger partial charge in [0.1, 0.15) is 17.2 Å². The van der Waals surface area contributed by atoms with Crippen LogP contribution in [-0.4, -0.2) is 23.2 Å². The molecular formula is C14H17F2NO2. The topological polar surface area (TPSA) is 49.3 Å². The van der Waals surface area contributed by atoms with Crippen LogP contribution in [0.15, 0.2) is 12.1 Å². The Labute approximate surface area is 110 Å². The van der Waals surface area contributed by atoms with E-state index in [4.69, 9.17) is 0 Å². The fourth-order valence-corrected chi connectivity index (χ4v) is 2.39. The molecule has 0 spiro atoms. The van der Waals surface area contributed by atoms with Crippen molar-refractivity contribution in [2.24, 2.45) is 0 Å². The van der Waals surface area contributed by atoms with Gasteiger partial charge in [-0.2, -0.15) is 0 Å². The van der Waals surface area contributed by atoms with Gasteiger partial charge in [-0.15, -0.1) is 0 Å². The molecule has 104 valence electrons. The maximum atomic E-state index is 13.8. The van der Waals surface area contributed by atoms with E-state index in [1.807, 2.05) is 0 Å². The third kappa shape index (κ3) is 2.92. The number of aryl methyl sites for hydroxylation is 1. The number of benzene rings is 1. The number of aliphatic hydroxyl groups is 1. The van der Waals surface area contributed by atoms with Crippen molar-refractivity contribution in [1.29, 1.82) is 0 Å². The average Bonchev–Trinajstić information content (AvgIpc) is 2.37. The number of carbonyl (C=O) groups is 1. The predicted molar refractivity (Wildman–Crippen MR) is 66.8 cm³/mol. The number of halogens is 2. The van der Waals surface area contributed by atoms with Gasteiger partial charge in [-0.1, -0.05) is 18.9 Å². The molecule has 1 aliphatic carbocycles. The molecule has 0 aromatic heterocycles. The molecule has 1 fully saturated rings. The molecule has 19 heavy (non-hydrogen) atoms. The number of rotatable bonds is 2. The lowest BCUT2D eigenvalue weighted by Crippen LogP contribution is -2.45. The zero-order valence-electron chi connectivity index (χ0n) is 10.7. The van der Waals surface area contributed by atoms with Crippen molar-refractivity contribution in [2.45, 2.75) is 44.8 Å². The Balaban J connectivity index is 2.18. The highest BCUT2D eigenvalue weighted by Gasteiger charge is 2.27. The molecule has 2 N–H and O–H groups in total. The van der Waals surface area contributed by atoms with Crippen LogP contribution in [0.5, 0.6) is 0 Å². The van der Waals surface area contributed by atoms with Crippen LogP contribution in [0.25, 0.3) is 0 Å². The van der Waals surface area contributed by atoms with E-state index in [1.54, 1.807) is 0 Å². The zero-order chi connectivity index (χ0) is 14.0. The quantitative estimate of drug-likeness (QED) is 0.865. The van der Waals surface area contributed by atoms with Gasteiger partial charge in [0, 0.05) is 0 Å². The molecule has 3 nitrogen and oxygen atoms in total. The summed E-state index contributed by atoms with van der Waals surface area (Å²) in [7, 11) is 0. The third-order valence-corrected chi connectivity index (χ3v) is 3.56. The first-order valence-electron chi connectivity index (χ1n) is 6.44. The van der Waals surface area contributed by atoms with Crippen LogP contribution in [0, 0.1) is 18.6 Å². The maximum Gasteiger partial charge on any atom is 0.257 e. The smallest absolute Gasteiger partial charge is 0.257 e.